The number of nitrogens with one attached hydrogen (secondary N) is 1. The molecule has 0 amide bonds. The number of hydrogen-bond donors (Lipinski definition) is 2. The zero-order valence-electron chi connectivity index (χ0n) is 9.06. The van der Waals surface area contributed by atoms with Gasteiger partial charge in [-0.15, -0.1) is 0 Å². The third kappa shape index (κ3) is 3.79. The lowest BCUT2D eigenvalue weighted by molar-refractivity contribution is 0.0660. The van der Waals surface area contributed by atoms with E-state index in [-0.39, 0.29) is 5.76 Å². The highest BCUT2D eigenvalue weighted by atomic mass is 32.2. The zero-order chi connectivity index (χ0) is 12.0. The molecule has 1 rings (SSSR count). The largest absolute Gasteiger partial charge is 0.475 e. The summed E-state index contributed by atoms with van der Waals surface area (Å²) in [4.78, 5) is 10.7. The molecule has 0 bridgehead atoms. The number of hydrogen-bond acceptors (Lipinski definition) is 4. The third-order valence-electron chi connectivity index (χ3n) is 2.08. The van der Waals surface area contributed by atoms with E-state index in [1.165, 1.54) is 6.26 Å². The normalized spacial score (nSPS) is 12.6. The van der Waals surface area contributed by atoms with E-state index in [2.05, 4.69) is 5.32 Å². The number of carboxylic acid groups (broad SMARTS) is 1. The predicted octanol–water partition coefficient (Wildman–Crippen LogP) is 0.836. The highest BCUT2D eigenvalue weighted by molar-refractivity contribution is 7.84. The van der Waals surface area contributed by atoms with E-state index < -0.39 is 16.8 Å². The van der Waals surface area contributed by atoms with Crippen LogP contribution < -0.4 is 5.32 Å². The molecule has 0 saturated heterocycles. The van der Waals surface area contributed by atoms with Gasteiger partial charge in [-0.25, -0.2) is 4.79 Å². The van der Waals surface area contributed by atoms with Gasteiger partial charge in [-0.1, -0.05) is 6.92 Å². The minimum Gasteiger partial charge on any atom is -0.475 e. The maximum Gasteiger partial charge on any atom is 0.372 e. The standard InChI is InChI=1S/C10H15NO4S/c1-2-16(14)6-4-11-7-8-3-5-15-9(8)10(12)13/h3,5,11H,2,4,6-7H2,1H3,(H,12,13). The molecule has 1 atom stereocenters. The van der Waals surface area contributed by atoms with Gasteiger partial charge in [0.2, 0.25) is 5.76 Å². The summed E-state index contributed by atoms with van der Waals surface area (Å²) in [5, 5.41) is 11.8. The monoisotopic (exact) mass is 245 g/mol. The van der Waals surface area contributed by atoms with Crippen LogP contribution in [0, 0.1) is 0 Å². The lowest BCUT2D eigenvalue weighted by Gasteiger charge is -2.02. The molecule has 0 aliphatic heterocycles. The molecule has 0 saturated carbocycles. The molecule has 6 heteroatoms. The molecular weight excluding hydrogens is 230 g/mol. The lowest BCUT2D eigenvalue weighted by Crippen LogP contribution is -2.21. The average Bonchev–Trinajstić information content (AvgIpc) is 2.72. The topological polar surface area (TPSA) is 79.5 Å². The highest BCUT2D eigenvalue weighted by Crippen LogP contribution is 2.09. The molecule has 1 unspecified atom stereocenters. The minimum absolute atomic E-state index is 0.0379. The Morgan fingerprint density at radius 1 is 1.62 bits per heavy atom. The van der Waals surface area contributed by atoms with Crippen LogP contribution in [0.15, 0.2) is 16.7 Å². The zero-order valence-corrected chi connectivity index (χ0v) is 9.88. The van der Waals surface area contributed by atoms with Crippen molar-refractivity contribution in [3.05, 3.63) is 23.7 Å². The second-order valence-corrected chi connectivity index (χ2v) is 5.05. The molecule has 0 spiro atoms. The van der Waals surface area contributed by atoms with Crippen LogP contribution in [0.25, 0.3) is 0 Å². The number of rotatable bonds is 7. The Labute approximate surface area is 96.3 Å². The van der Waals surface area contributed by atoms with Crippen molar-refractivity contribution in [1.82, 2.24) is 5.32 Å². The first-order valence-corrected chi connectivity index (χ1v) is 6.49. The fraction of sp³-hybridized carbons (Fsp3) is 0.500. The molecule has 0 aliphatic rings. The van der Waals surface area contributed by atoms with Crippen molar-refractivity contribution in [2.75, 3.05) is 18.1 Å². The highest BCUT2D eigenvalue weighted by Gasteiger charge is 2.12. The van der Waals surface area contributed by atoms with Gasteiger partial charge in [0.15, 0.2) is 0 Å². The van der Waals surface area contributed by atoms with Crippen LogP contribution >= 0.6 is 0 Å². The molecule has 0 radical (unpaired) electrons. The number of carbonyl (C=O) groups is 1. The van der Waals surface area contributed by atoms with E-state index in [0.29, 0.717) is 30.2 Å². The van der Waals surface area contributed by atoms with E-state index >= 15 is 0 Å². The first-order chi connectivity index (χ1) is 7.65. The molecule has 1 aromatic rings. The SMILES string of the molecule is CCS(=O)CCNCc1ccoc1C(=O)O. The molecule has 2 N–H and O–H groups in total. The summed E-state index contributed by atoms with van der Waals surface area (Å²) in [7, 11) is -0.792. The van der Waals surface area contributed by atoms with E-state index in [1.807, 2.05) is 6.92 Å². The van der Waals surface area contributed by atoms with Gasteiger partial charge >= 0.3 is 5.97 Å². The van der Waals surface area contributed by atoms with E-state index in [1.54, 1.807) is 6.07 Å². The smallest absolute Gasteiger partial charge is 0.372 e. The van der Waals surface area contributed by atoms with Crippen LogP contribution in [0.4, 0.5) is 0 Å². The molecule has 1 aromatic heterocycles. The fourth-order valence-corrected chi connectivity index (χ4v) is 1.88. The Morgan fingerprint density at radius 3 is 3.00 bits per heavy atom. The summed E-state index contributed by atoms with van der Waals surface area (Å²) in [6.45, 7) is 2.89. The van der Waals surface area contributed by atoms with Crippen LogP contribution in [0.2, 0.25) is 0 Å². The van der Waals surface area contributed by atoms with Crippen molar-refractivity contribution in [2.45, 2.75) is 13.5 Å². The molecule has 0 aromatic carbocycles. The van der Waals surface area contributed by atoms with Crippen LogP contribution in [0.3, 0.4) is 0 Å². The Bertz CT molecular complexity index is 375. The van der Waals surface area contributed by atoms with E-state index in [0.717, 1.165) is 0 Å². The Balaban J connectivity index is 2.34. The van der Waals surface area contributed by atoms with Gasteiger partial charge in [-0.05, 0) is 6.07 Å². The summed E-state index contributed by atoms with van der Waals surface area (Å²) in [6.07, 6.45) is 1.35. The quantitative estimate of drug-likeness (QED) is 0.696. The van der Waals surface area contributed by atoms with Crippen LogP contribution in [0.5, 0.6) is 0 Å². The average molecular weight is 245 g/mol. The second kappa shape index (κ2) is 6.44. The number of furan rings is 1. The van der Waals surface area contributed by atoms with Gasteiger partial charge in [-0.3, -0.25) is 4.21 Å². The van der Waals surface area contributed by atoms with Crippen LogP contribution in [-0.4, -0.2) is 33.3 Å². The molecule has 90 valence electrons. The first-order valence-electron chi connectivity index (χ1n) is 5.00. The Morgan fingerprint density at radius 2 is 2.38 bits per heavy atom. The van der Waals surface area contributed by atoms with Crippen molar-refractivity contribution < 1.29 is 18.5 Å². The summed E-state index contributed by atoms with van der Waals surface area (Å²) in [6, 6.07) is 1.62. The molecular formula is C10H15NO4S. The summed E-state index contributed by atoms with van der Waals surface area (Å²) in [5.74, 6) is 0.118. The van der Waals surface area contributed by atoms with E-state index in [4.69, 9.17) is 9.52 Å². The Kier molecular flexibility index (Phi) is 5.21. The number of aromatic carboxylic acids is 1. The Hall–Kier alpha value is -1.14. The van der Waals surface area contributed by atoms with Gasteiger partial charge in [0.1, 0.15) is 0 Å². The minimum atomic E-state index is -1.07. The number of carboxylic acids is 1. The van der Waals surface area contributed by atoms with Crippen molar-refractivity contribution in [3.63, 3.8) is 0 Å². The first kappa shape index (κ1) is 12.9. The van der Waals surface area contributed by atoms with E-state index in [9.17, 15) is 9.00 Å². The van der Waals surface area contributed by atoms with Gasteiger partial charge in [0.05, 0.1) is 6.26 Å². The molecule has 1 heterocycles. The van der Waals surface area contributed by atoms with Crippen molar-refractivity contribution in [1.29, 1.82) is 0 Å². The third-order valence-corrected chi connectivity index (χ3v) is 3.39. The molecule has 0 fully saturated rings. The van der Waals surface area contributed by atoms with Gasteiger partial charge < -0.3 is 14.8 Å². The summed E-state index contributed by atoms with van der Waals surface area (Å²) >= 11 is 0. The summed E-state index contributed by atoms with van der Waals surface area (Å²) < 4.78 is 15.9. The van der Waals surface area contributed by atoms with Gasteiger partial charge in [0.25, 0.3) is 0 Å². The molecule has 0 aliphatic carbocycles. The van der Waals surface area contributed by atoms with Crippen molar-refractivity contribution in [3.8, 4) is 0 Å². The lowest BCUT2D eigenvalue weighted by atomic mass is 10.2. The maximum absolute atomic E-state index is 11.1. The van der Waals surface area contributed by atoms with Gasteiger partial charge in [0, 0.05) is 41.0 Å². The van der Waals surface area contributed by atoms with Crippen LogP contribution in [0.1, 0.15) is 23.0 Å². The van der Waals surface area contributed by atoms with Crippen molar-refractivity contribution >= 4 is 16.8 Å². The molecule has 16 heavy (non-hydrogen) atoms. The van der Waals surface area contributed by atoms with Gasteiger partial charge in [-0.2, -0.15) is 0 Å². The van der Waals surface area contributed by atoms with Crippen LogP contribution in [-0.2, 0) is 17.3 Å². The fourth-order valence-electron chi connectivity index (χ4n) is 1.22. The maximum atomic E-state index is 11.1. The summed E-state index contributed by atoms with van der Waals surface area (Å²) in [5.41, 5.74) is 0.606. The predicted molar refractivity (Wildman–Crippen MR) is 60.9 cm³/mol. The van der Waals surface area contributed by atoms with Crippen molar-refractivity contribution in [2.24, 2.45) is 0 Å². The molecule has 5 nitrogen and oxygen atoms in total. The second-order valence-electron chi connectivity index (χ2n) is 3.19.